The molecule has 4 nitrogen and oxygen atoms in total. The van der Waals surface area contributed by atoms with Crippen LogP contribution in [0.3, 0.4) is 0 Å². The molecule has 0 bridgehead atoms. The second-order valence-electron chi connectivity index (χ2n) is 3.98. The smallest absolute Gasteiger partial charge is 0.257 e. The first-order chi connectivity index (χ1) is 8.99. The van der Waals surface area contributed by atoms with Crippen LogP contribution >= 0.6 is 27.5 Å². The maximum atomic E-state index is 12.2. The molecule has 1 amide bonds. The highest BCUT2D eigenvalue weighted by Gasteiger charge is 2.13. The molecule has 0 radical (unpaired) electrons. The zero-order valence-electron chi connectivity index (χ0n) is 10.1. The van der Waals surface area contributed by atoms with E-state index in [-0.39, 0.29) is 11.1 Å². The normalized spacial score (nSPS) is 10.3. The van der Waals surface area contributed by atoms with Gasteiger partial charge in [-0.3, -0.25) is 4.79 Å². The average molecular weight is 341 g/mol. The van der Waals surface area contributed by atoms with Crippen molar-refractivity contribution in [2.24, 2.45) is 0 Å². The number of nitrogens with two attached hydrogens (primary N) is 1. The van der Waals surface area contributed by atoms with Crippen LogP contribution in [0.2, 0.25) is 5.15 Å². The van der Waals surface area contributed by atoms with E-state index in [1.807, 2.05) is 6.92 Å². The Morgan fingerprint density at radius 2 is 2.16 bits per heavy atom. The van der Waals surface area contributed by atoms with Crippen LogP contribution in [0.5, 0.6) is 0 Å². The van der Waals surface area contributed by atoms with E-state index in [1.54, 1.807) is 30.5 Å². The first kappa shape index (κ1) is 13.8. The molecule has 0 atom stereocenters. The SMILES string of the molecule is Cc1ccnc(Cl)c1NC(=O)c1ccc(Br)cc1N. The van der Waals surface area contributed by atoms with Gasteiger partial charge < -0.3 is 11.1 Å². The lowest BCUT2D eigenvalue weighted by Crippen LogP contribution is -2.15. The third-order valence-corrected chi connectivity index (χ3v) is 3.39. The summed E-state index contributed by atoms with van der Waals surface area (Å²) in [6.45, 7) is 1.84. The number of nitrogens with one attached hydrogen (secondary N) is 1. The predicted molar refractivity (Wildman–Crippen MR) is 80.5 cm³/mol. The van der Waals surface area contributed by atoms with Crippen LogP contribution in [0.1, 0.15) is 15.9 Å². The molecule has 2 rings (SSSR count). The Balaban J connectivity index is 2.31. The molecule has 6 heteroatoms. The summed E-state index contributed by atoms with van der Waals surface area (Å²) in [5, 5.41) is 2.98. The van der Waals surface area contributed by atoms with Gasteiger partial charge in [-0.1, -0.05) is 27.5 Å². The van der Waals surface area contributed by atoms with E-state index in [2.05, 4.69) is 26.2 Å². The Bertz CT molecular complexity index is 626. The topological polar surface area (TPSA) is 68.0 Å². The lowest BCUT2D eigenvalue weighted by molar-refractivity contribution is 0.102. The van der Waals surface area contributed by atoms with Gasteiger partial charge in [-0.2, -0.15) is 0 Å². The van der Waals surface area contributed by atoms with Crippen molar-refractivity contribution in [2.75, 3.05) is 11.1 Å². The van der Waals surface area contributed by atoms with Crippen LogP contribution in [0, 0.1) is 6.92 Å². The molecule has 0 saturated heterocycles. The third-order valence-electron chi connectivity index (χ3n) is 2.61. The average Bonchev–Trinajstić information content (AvgIpc) is 2.33. The molecule has 0 aliphatic rings. The van der Waals surface area contributed by atoms with Gasteiger partial charge in [0.1, 0.15) is 0 Å². The van der Waals surface area contributed by atoms with E-state index >= 15 is 0 Å². The highest BCUT2D eigenvalue weighted by atomic mass is 79.9. The standard InChI is InChI=1S/C13H11BrClN3O/c1-7-4-5-17-12(15)11(7)18-13(19)9-3-2-8(14)6-10(9)16/h2-6H,16H2,1H3,(H,18,19). The van der Waals surface area contributed by atoms with Gasteiger partial charge in [0.2, 0.25) is 0 Å². The second-order valence-corrected chi connectivity index (χ2v) is 5.25. The summed E-state index contributed by atoms with van der Waals surface area (Å²) in [5.41, 5.74) is 7.93. The molecule has 1 aromatic heterocycles. The first-order valence-corrected chi connectivity index (χ1v) is 6.63. The van der Waals surface area contributed by atoms with Crippen molar-refractivity contribution in [2.45, 2.75) is 6.92 Å². The Labute approximate surface area is 124 Å². The largest absolute Gasteiger partial charge is 0.398 e. The number of carbonyl (C=O) groups excluding carboxylic acids is 1. The van der Waals surface area contributed by atoms with Crippen LogP contribution < -0.4 is 11.1 Å². The van der Waals surface area contributed by atoms with Crippen molar-refractivity contribution in [3.63, 3.8) is 0 Å². The van der Waals surface area contributed by atoms with Crippen LogP contribution in [0.15, 0.2) is 34.9 Å². The van der Waals surface area contributed by atoms with E-state index < -0.39 is 0 Å². The molecule has 1 heterocycles. The van der Waals surface area contributed by atoms with Crippen molar-refractivity contribution < 1.29 is 4.79 Å². The Morgan fingerprint density at radius 1 is 1.42 bits per heavy atom. The van der Waals surface area contributed by atoms with Gasteiger partial charge >= 0.3 is 0 Å². The van der Waals surface area contributed by atoms with E-state index in [1.165, 1.54) is 0 Å². The van der Waals surface area contributed by atoms with E-state index in [0.29, 0.717) is 16.9 Å². The highest BCUT2D eigenvalue weighted by molar-refractivity contribution is 9.10. The second kappa shape index (κ2) is 5.59. The Morgan fingerprint density at radius 3 is 2.79 bits per heavy atom. The van der Waals surface area contributed by atoms with Crippen molar-refractivity contribution in [3.8, 4) is 0 Å². The monoisotopic (exact) mass is 339 g/mol. The van der Waals surface area contributed by atoms with Gasteiger partial charge in [0.15, 0.2) is 5.15 Å². The molecule has 0 aliphatic carbocycles. The maximum absolute atomic E-state index is 12.2. The fraction of sp³-hybridized carbons (Fsp3) is 0.0769. The summed E-state index contributed by atoms with van der Waals surface area (Å²) in [6, 6.07) is 6.84. The summed E-state index contributed by atoms with van der Waals surface area (Å²) in [7, 11) is 0. The van der Waals surface area contributed by atoms with Gasteiger partial charge in [-0.05, 0) is 36.8 Å². The number of aryl methyl sites for hydroxylation is 1. The molecule has 98 valence electrons. The molecule has 0 aliphatic heterocycles. The molecule has 0 fully saturated rings. The predicted octanol–water partition coefficient (Wildman–Crippen LogP) is 3.64. The zero-order valence-corrected chi connectivity index (χ0v) is 12.4. The number of benzene rings is 1. The molecular weight excluding hydrogens is 330 g/mol. The van der Waals surface area contributed by atoms with E-state index in [0.717, 1.165) is 10.0 Å². The maximum Gasteiger partial charge on any atom is 0.257 e. The summed E-state index contributed by atoms with van der Waals surface area (Å²) < 4.78 is 0.817. The van der Waals surface area contributed by atoms with Crippen LogP contribution in [-0.4, -0.2) is 10.9 Å². The van der Waals surface area contributed by atoms with Gasteiger partial charge in [0, 0.05) is 16.4 Å². The number of nitrogens with zero attached hydrogens (tertiary/aromatic N) is 1. The lowest BCUT2D eigenvalue weighted by Gasteiger charge is -2.11. The fourth-order valence-corrected chi connectivity index (χ4v) is 2.23. The Kier molecular flexibility index (Phi) is 4.07. The molecule has 0 saturated carbocycles. The number of carbonyl (C=O) groups is 1. The van der Waals surface area contributed by atoms with Gasteiger partial charge in [-0.15, -0.1) is 0 Å². The van der Waals surface area contributed by atoms with Crippen molar-refractivity contribution >= 4 is 44.8 Å². The molecule has 2 aromatic rings. The molecular formula is C13H11BrClN3O. The lowest BCUT2D eigenvalue weighted by atomic mass is 10.1. The number of amides is 1. The molecule has 19 heavy (non-hydrogen) atoms. The highest BCUT2D eigenvalue weighted by Crippen LogP contribution is 2.25. The summed E-state index contributed by atoms with van der Waals surface area (Å²) >= 11 is 9.25. The number of halogens is 2. The van der Waals surface area contributed by atoms with Crippen LogP contribution in [0.25, 0.3) is 0 Å². The quantitative estimate of drug-likeness (QED) is 0.648. The number of pyridine rings is 1. The molecule has 0 unspecified atom stereocenters. The minimum atomic E-state index is -0.317. The fourth-order valence-electron chi connectivity index (χ4n) is 1.60. The summed E-state index contributed by atoms with van der Waals surface area (Å²) in [4.78, 5) is 16.1. The van der Waals surface area contributed by atoms with Crippen molar-refractivity contribution in [3.05, 3.63) is 51.2 Å². The number of anilines is 2. The number of aromatic nitrogens is 1. The van der Waals surface area contributed by atoms with Gasteiger partial charge in [0.05, 0.1) is 11.3 Å². The van der Waals surface area contributed by atoms with Crippen molar-refractivity contribution in [1.82, 2.24) is 4.98 Å². The van der Waals surface area contributed by atoms with Crippen molar-refractivity contribution in [1.29, 1.82) is 0 Å². The number of hydrogen-bond acceptors (Lipinski definition) is 3. The number of rotatable bonds is 2. The number of hydrogen-bond donors (Lipinski definition) is 2. The zero-order chi connectivity index (χ0) is 14.0. The van der Waals surface area contributed by atoms with Crippen LogP contribution in [0.4, 0.5) is 11.4 Å². The van der Waals surface area contributed by atoms with Crippen LogP contribution in [-0.2, 0) is 0 Å². The minimum absolute atomic E-state index is 0.254. The minimum Gasteiger partial charge on any atom is -0.398 e. The summed E-state index contributed by atoms with van der Waals surface area (Å²) in [6.07, 6.45) is 1.58. The molecule has 1 aromatic carbocycles. The molecule has 3 N–H and O–H groups in total. The summed E-state index contributed by atoms with van der Waals surface area (Å²) in [5.74, 6) is -0.317. The van der Waals surface area contributed by atoms with E-state index in [9.17, 15) is 4.79 Å². The number of nitrogen functional groups attached to an aromatic ring is 1. The van der Waals surface area contributed by atoms with Gasteiger partial charge in [-0.25, -0.2) is 4.98 Å². The molecule has 0 spiro atoms. The first-order valence-electron chi connectivity index (χ1n) is 5.46. The third kappa shape index (κ3) is 3.05. The Hall–Kier alpha value is -1.59. The van der Waals surface area contributed by atoms with E-state index in [4.69, 9.17) is 17.3 Å². The van der Waals surface area contributed by atoms with Gasteiger partial charge in [0.25, 0.3) is 5.91 Å².